The zero-order valence-corrected chi connectivity index (χ0v) is 14.5. The second-order valence-corrected chi connectivity index (χ2v) is 6.97. The monoisotopic (exact) mass is 357 g/mol. The SMILES string of the molecule is NC(=O)C(Cc1ccccc1)NC(=O)CN1C(=O)C2CCCCC2C1=O. The van der Waals surface area contributed by atoms with Crippen LogP contribution in [0.15, 0.2) is 30.3 Å². The fraction of sp³-hybridized carbons (Fsp3) is 0.474. The molecule has 0 aromatic heterocycles. The van der Waals surface area contributed by atoms with Gasteiger partial charge >= 0.3 is 0 Å². The minimum atomic E-state index is -0.889. The van der Waals surface area contributed by atoms with Crippen molar-refractivity contribution in [3.05, 3.63) is 35.9 Å². The van der Waals surface area contributed by atoms with Crippen LogP contribution in [-0.4, -0.2) is 41.1 Å². The van der Waals surface area contributed by atoms with Crippen molar-refractivity contribution >= 4 is 23.6 Å². The number of imide groups is 1. The van der Waals surface area contributed by atoms with Gasteiger partial charge in [-0.25, -0.2) is 0 Å². The summed E-state index contributed by atoms with van der Waals surface area (Å²) in [6, 6.07) is 8.29. The molecule has 0 bridgehead atoms. The average molecular weight is 357 g/mol. The molecule has 1 aliphatic carbocycles. The highest BCUT2D eigenvalue weighted by Gasteiger charge is 2.48. The first-order valence-corrected chi connectivity index (χ1v) is 8.95. The summed E-state index contributed by atoms with van der Waals surface area (Å²) in [6.07, 6.45) is 3.52. The normalized spacial score (nSPS) is 23.5. The number of carbonyl (C=O) groups excluding carboxylic acids is 4. The number of nitrogens with two attached hydrogens (primary N) is 1. The van der Waals surface area contributed by atoms with E-state index in [4.69, 9.17) is 5.73 Å². The largest absolute Gasteiger partial charge is 0.368 e. The molecule has 1 aromatic carbocycles. The first-order chi connectivity index (χ1) is 12.5. The zero-order valence-electron chi connectivity index (χ0n) is 14.5. The van der Waals surface area contributed by atoms with Gasteiger partial charge in [-0.1, -0.05) is 43.2 Å². The third kappa shape index (κ3) is 3.76. The van der Waals surface area contributed by atoms with Crippen LogP contribution in [0.1, 0.15) is 31.2 Å². The average Bonchev–Trinajstić information content (AvgIpc) is 2.87. The standard InChI is InChI=1S/C19H23N3O4/c20-17(24)15(10-12-6-2-1-3-7-12)21-16(23)11-22-18(25)13-8-4-5-9-14(13)19(22)26/h1-3,6-7,13-15H,4-5,8-11H2,(H2,20,24)(H,21,23). The molecule has 4 amide bonds. The van der Waals surface area contributed by atoms with Gasteiger partial charge in [-0.15, -0.1) is 0 Å². The van der Waals surface area contributed by atoms with Crippen molar-refractivity contribution in [1.82, 2.24) is 10.2 Å². The Morgan fingerprint density at radius 2 is 1.65 bits per heavy atom. The quantitative estimate of drug-likeness (QED) is 0.717. The molecule has 26 heavy (non-hydrogen) atoms. The van der Waals surface area contributed by atoms with Gasteiger partial charge < -0.3 is 11.1 Å². The van der Waals surface area contributed by atoms with Crippen molar-refractivity contribution in [2.24, 2.45) is 17.6 Å². The fourth-order valence-corrected chi connectivity index (χ4v) is 3.84. The molecule has 7 heteroatoms. The van der Waals surface area contributed by atoms with E-state index in [0.29, 0.717) is 12.8 Å². The van der Waals surface area contributed by atoms with E-state index in [1.54, 1.807) is 0 Å². The maximum atomic E-state index is 12.4. The Hall–Kier alpha value is -2.70. The number of nitrogens with zero attached hydrogens (tertiary/aromatic N) is 1. The van der Waals surface area contributed by atoms with E-state index in [0.717, 1.165) is 23.3 Å². The Bertz CT molecular complexity index is 695. The summed E-state index contributed by atoms with van der Waals surface area (Å²) in [7, 11) is 0. The number of nitrogens with one attached hydrogen (secondary N) is 1. The van der Waals surface area contributed by atoms with Gasteiger partial charge in [0, 0.05) is 6.42 Å². The lowest BCUT2D eigenvalue weighted by Gasteiger charge is -2.19. The summed E-state index contributed by atoms with van der Waals surface area (Å²) in [5.41, 5.74) is 6.25. The number of hydrogen-bond donors (Lipinski definition) is 2. The van der Waals surface area contributed by atoms with E-state index < -0.39 is 17.9 Å². The molecular weight excluding hydrogens is 334 g/mol. The van der Waals surface area contributed by atoms with Gasteiger partial charge in [0.15, 0.2) is 0 Å². The number of likely N-dealkylation sites (tertiary alicyclic amines) is 1. The van der Waals surface area contributed by atoms with Crippen LogP contribution >= 0.6 is 0 Å². The maximum Gasteiger partial charge on any atom is 0.240 e. The number of fused-ring (bicyclic) bond motifs is 1. The fourth-order valence-electron chi connectivity index (χ4n) is 3.84. The third-order valence-corrected chi connectivity index (χ3v) is 5.20. The van der Waals surface area contributed by atoms with Crippen molar-refractivity contribution < 1.29 is 19.2 Å². The molecule has 3 rings (SSSR count). The first-order valence-electron chi connectivity index (χ1n) is 8.95. The summed E-state index contributed by atoms with van der Waals surface area (Å²) < 4.78 is 0. The second kappa shape index (κ2) is 7.68. The third-order valence-electron chi connectivity index (χ3n) is 5.20. The van der Waals surface area contributed by atoms with Crippen LogP contribution in [0.3, 0.4) is 0 Å². The molecule has 0 spiro atoms. The lowest BCUT2D eigenvalue weighted by atomic mass is 9.81. The summed E-state index contributed by atoms with van der Waals surface area (Å²) in [5, 5.41) is 2.55. The van der Waals surface area contributed by atoms with Crippen LogP contribution in [0.25, 0.3) is 0 Å². The number of benzene rings is 1. The second-order valence-electron chi connectivity index (χ2n) is 6.97. The van der Waals surface area contributed by atoms with Gasteiger partial charge in [-0.2, -0.15) is 0 Å². The van der Waals surface area contributed by atoms with Gasteiger partial charge in [0.2, 0.25) is 23.6 Å². The van der Waals surface area contributed by atoms with Crippen molar-refractivity contribution in [3.8, 4) is 0 Å². The summed E-state index contributed by atoms with van der Waals surface area (Å²) in [5.74, 6) is -2.33. The lowest BCUT2D eigenvalue weighted by Crippen LogP contribution is -2.50. The van der Waals surface area contributed by atoms with Gasteiger partial charge in [0.05, 0.1) is 11.8 Å². The van der Waals surface area contributed by atoms with Gasteiger partial charge in [0.1, 0.15) is 12.6 Å². The molecule has 2 aliphatic rings. The molecule has 3 unspecified atom stereocenters. The van der Waals surface area contributed by atoms with Crippen LogP contribution in [-0.2, 0) is 25.6 Å². The molecule has 1 aliphatic heterocycles. The molecule has 7 nitrogen and oxygen atoms in total. The van der Waals surface area contributed by atoms with Gasteiger partial charge in [-0.05, 0) is 18.4 Å². The molecule has 2 fully saturated rings. The topological polar surface area (TPSA) is 110 Å². The summed E-state index contributed by atoms with van der Waals surface area (Å²) in [4.78, 5) is 49.9. The molecule has 1 aromatic rings. The van der Waals surface area contributed by atoms with Gasteiger partial charge in [-0.3, -0.25) is 24.1 Å². The van der Waals surface area contributed by atoms with E-state index in [1.807, 2.05) is 30.3 Å². The van der Waals surface area contributed by atoms with Crippen LogP contribution in [0.5, 0.6) is 0 Å². The molecular formula is C19H23N3O4. The van der Waals surface area contributed by atoms with Crippen molar-refractivity contribution in [2.45, 2.75) is 38.1 Å². The minimum absolute atomic E-state index is 0.259. The Balaban J connectivity index is 1.62. The summed E-state index contributed by atoms with van der Waals surface area (Å²) >= 11 is 0. The molecule has 1 heterocycles. The van der Waals surface area contributed by atoms with Crippen LogP contribution < -0.4 is 11.1 Å². The highest BCUT2D eigenvalue weighted by molar-refractivity contribution is 6.07. The van der Waals surface area contributed by atoms with E-state index in [2.05, 4.69) is 5.32 Å². The van der Waals surface area contributed by atoms with Crippen LogP contribution in [0.2, 0.25) is 0 Å². The Labute approximate surface area is 151 Å². The number of carbonyl (C=O) groups is 4. The van der Waals surface area contributed by atoms with Crippen molar-refractivity contribution in [3.63, 3.8) is 0 Å². The first kappa shape index (κ1) is 18.1. The molecule has 1 saturated carbocycles. The minimum Gasteiger partial charge on any atom is -0.368 e. The number of hydrogen-bond acceptors (Lipinski definition) is 4. The van der Waals surface area contributed by atoms with Crippen molar-refractivity contribution in [1.29, 1.82) is 0 Å². The molecule has 138 valence electrons. The number of rotatable bonds is 6. The number of primary amides is 1. The zero-order chi connectivity index (χ0) is 18.7. The Morgan fingerprint density at radius 3 is 2.19 bits per heavy atom. The molecule has 0 radical (unpaired) electrons. The van der Waals surface area contributed by atoms with Crippen LogP contribution in [0.4, 0.5) is 0 Å². The highest BCUT2D eigenvalue weighted by Crippen LogP contribution is 2.37. The van der Waals surface area contributed by atoms with E-state index in [1.165, 1.54) is 0 Å². The van der Waals surface area contributed by atoms with Gasteiger partial charge in [0.25, 0.3) is 0 Å². The van der Waals surface area contributed by atoms with E-state index in [9.17, 15) is 19.2 Å². The number of amides is 4. The van der Waals surface area contributed by atoms with E-state index >= 15 is 0 Å². The van der Waals surface area contributed by atoms with E-state index in [-0.39, 0.29) is 36.6 Å². The molecule has 1 saturated heterocycles. The Kier molecular flexibility index (Phi) is 5.35. The molecule has 3 atom stereocenters. The molecule has 3 N–H and O–H groups in total. The Morgan fingerprint density at radius 1 is 1.08 bits per heavy atom. The highest BCUT2D eigenvalue weighted by atomic mass is 16.2. The lowest BCUT2D eigenvalue weighted by molar-refractivity contribution is -0.143. The summed E-state index contributed by atoms with van der Waals surface area (Å²) in [6.45, 7) is -0.358. The van der Waals surface area contributed by atoms with Crippen LogP contribution in [0, 0.1) is 11.8 Å². The smallest absolute Gasteiger partial charge is 0.240 e. The predicted octanol–water partition coefficient (Wildman–Crippen LogP) is 0.374. The predicted molar refractivity (Wildman–Crippen MR) is 93.4 cm³/mol. The van der Waals surface area contributed by atoms with Crippen molar-refractivity contribution in [2.75, 3.05) is 6.54 Å². The maximum absolute atomic E-state index is 12.4.